The van der Waals surface area contributed by atoms with Gasteiger partial charge in [0.05, 0.1) is 28.9 Å². The number of aromatic nitrogens is 4. The topological polar surface area (TPSA) is 169 Å². The molecule has 2 spiro atoms. The summed E-state index contributed by atoms with van der Waals surface area (Å²) in [5.41, 5.74) is 5.84. The van der Waals surface area contributed by atoms with E-state index in [0.717, 1.165) is 135 Å². The van der Waals surface area contributed by atoms with Gasteiger partial charge in [0.25, 0.3) is 0 Å². The molecule has 13 rings (SSSR count). The van der Waals surface area contributed by atoms with Crippen molar-refractivity contribution in [2.45, 2.75) is 164 Å². The number of piperidine rings is 5. The lowest BCUT2D eigenvalue weighted by Crippen LogP contribution is -2.59. The molecule has 5 amide bonds. The standard InChI is InChI=1S/C57H71N11O5/c1-35(2)66-34-59-46-31-45(61-51(50(46)66)60-40-8-9-40)37-6-11-44-47(28-37)68(42-29-41(30-42)63-21-4-3-5-22-63)55(73)57(44)19-26-65(27-20-57)53(71)38-16-25-67(56(32-38)17-18-56)54(72)36-14-23-64(24-15-36)48-12-7-39(33-58-48)43-10-13-49(69)62-52(43)70/h6-7,11-12,28,31,33-36,38,40-43H,3-5,8-10,13-27,29-30,32H2,1-2H3,(H,60,61)(H,62,69,70)/t38?,41?,42?,43-/m1/s1. The molecule has 2 N–H and O–H groups in total. The van der Waals surface area contributed by atoms with Gasteiger partial charge >= 0.3 is 0 Å². The van der Waals surface area contributed by atoms with Crippen molar-refractivity contribution in [3.63, 3.8) is 0 Å². The van der Waals surface area contributed by atoms with Crippen molar-refractivity contribution >= 4 is 57.9 Å². The molecule has 3 aromatic heterocycles. The van der Waals surface area contributed by atoms with E-state index in [1.807, 2.05) is 23.4 Å². The van der Waals surface area contributed by atoms with Gasteiger partial charge in [0.2, 0.25) is 29.5 Å². The van der Waals surface area contributed by atoms with Crippen molar-refractivity contribution in [3.05, 3.63) is 60.0 Å². The summed E-state index contributed by atoms with van der Waals surface area (Å²) in [6, 6.07) is 13.9. The molecule has 2 atom stereocenters. The van der Waals surface area contributed by atoms with Crippen LogP contribution in [-0.2, 0) is 29.4 Å². The van der Waals surface area contributed by atoms with E-state index >= 15 is 4.79 Å². The van der Waals surface area contributed by atoms with Crippen LogP contribution >= 0.6 is 0 Å². The molecule has 0 bridgehead atoms. The number of carbonyl (C=O) groups is 5. The largest absolute Gasteiger partial charge is 0.366 e. The Morgan fingerprint density at radius 2 is 1.55 bits per heavy atom. The van der Waals surface area contributed by atoms with Crippen molar-refractivity contribution in [1.29, 1.82) is 0 Å². The van der Waals surface area contributed by atoms with Crippen LogP contribution in [0.25, 0.3) is 22.3 Å². The van der Waals surface area contributed by atoms with Crippen molar-refractivity contribution in [1.82, 2.24) is 39.5 Å². The molecule has 16 nitrogen and oxygen atoms in total. The zero-order valence-corrected chi connectivity index (χ0v) is 42.7. The summed E-state index contributed by atoms with van der Waals surface area (Å²) in [5.74, 6) is 1.31. The average Bonchev–Trinajstić information content (AvgIpc) is 4.32. The molecular formula is C57H71N11O5. The number of hydrogen-bond acceptors (Lipinski definition) is 11. The summed E-state index contributed by atoms with van der Waals surface area (Å²) in [6.45, 7) is 9.81. The zero-order chi connectivity index (χ0) is 49.8. The van der Waals surface area contributed by atoms with Gasteiger partial charge in [-0.3, -0.25) is 29.3 Å². The number of hydrogen-bond donors (Lipinski definition) is 2. The van der Waals surface area contributed by atoms with E-state index in [9.17, 15) is 19.2 Å². The Morgan fingerprint density at radius 1 is 0.781 bits per heavy atom. The van der Waals surface area contributed by atoms with Crippen molar-refractivity contribution in [2.75, 3.05) is 60.9 Å². The van der Waals surface area contributed by atoms with Crippen molar-refractivity contribution < 1.29 is 24.0 Å². The Balaban J connectivity index is 0.678. The zero-order valence-electron chi connectivity index (χ0n) is 42.7. The number of likely N-dealkylation sites (tertiary alicyclic amines) is 3. The summed E-state index contributed by atoms with van der Waals surface area (Å²) in [7, 11) is 0. The van der Waals surface area contributed by atoms with Crippen LogP contribution in [0.1, 0.15) is 146 Å². The predicted molar refractivity (Wildman–Crippen MR) is 278 cm³/mol. The number of benzene rings is 1. The summed E-state index contributed by atoms with van der Waals surface area (Å²) in [6.07, 6.45) is 18.6. The first kappa shape index (κ1) is 46.9. The van der Waals surface area contributed by atoms with E-state index in [1.54, 1.807) is 6.20 Å². The highest BCUT2D eigenvalue weighted by Crippen LogP contribution is 2.54. The molecule has 6 aliphatic heterocycles. The molecule has 16 heteroatoms. The fourth-order valence-electron chi connectivity index (χ4n) is 14.2. The minimum Gasteiger partial charge on any atom is -0.366 e. The lowest BCUT2D eigenvalue weighted by Gasteiger charge is -2.48. The molecule has 8 fully saturated rings. The first-order valence-corrected chi connectivity index (χ1v) is 28.0. The number of carbonyl (C=O) groups excluding carboxylic acids is 5. The lowest BCUT2D eigenvalue weighted by atomic mass is 9.73. The number of amides is 5. The Hall–Kier alpha value is -5.90. The number of nitrogens with one attached hydrogen (secondary N) is 2. The fourth-order valence-corrected chi connectivity index (χ4v) is 14.2. The molecule has 1 aromatic carbocycles. The number of rotatable bonds is 10. The van der Waals surface area contributed by atoms with Crippen LogP contribution in [0.4, 0.5) is 17.3 Å². The second kappa shape index (κ2) is 18.2. The van der Waals surface area contributed by atoms with Crippen LogP contribution < -0.4 is 20.4 Å². The highest BCUT2D eigenvalue weighted by Gasteiger charge is 2.58. The van der Waals surface area contributed by atoms with Crippen LogP contribution in [0.2, 0.25) is 0 Å². The molecule has 5 saturated heterocycles. The summed E-state index contributed by atoms with van der Waals surface area (Å²) >= 11 is 0. The van der Waals surface area contributed by atoms with E-state index in [2.05, 4.69) is 72.9 Å². The Labute approximate surface area is 428 Å². The van der Waals surface area contributed by atoms with Gasteiger partial charge in [-0.15, -0.1) is 0 Å². The first-order chi connectivity index (χ1) is 35.4. The van der Waals surface area contributed by atoms with Crippen molar-refractivity contribution in [3.8, 4) is 11.3 Å². The third-order valence-electron chi connectivity index (χ3n) is 18.9. The highest BCUT2D eigenvalue weighted by atomic mass is 16.2. The predicted octanol–water partition coefficient (Wildman–Crippen LogP) is 7.08. The van der Waals surface area contributed by atoms with E-state index in [-0.39, 0.29) is 64.9 Å². The summed E-state index contributed by atoms with van der Waals surface area (Å²) < 4.78 is 2.20. The molecule has 3 aliphatic carbocycles. The Kier molecular flexibility index (Phi) is 11.7. The third kappa shape index (κ3) is 8.28. The molecule has 9 aliphatic rings. The van der Waals surface area contributed by atoms with Gasteiger partial charge in [0.15, 0.2) is 5.82 Å². The Bertz CT molecular complexity index is 2840. The second-order valence-electron chi connectivity index (χ2n) is 23.7. The average molecular weight is 990 g/mol. The molecule has 1 unspecified atom stereocenters. The molecule has 4 aromatic rings. The van der Waals surface area contributed by atoms with E-state index in [0.29, 0.717) is 63.8 Å². The Morgan fingerprint density at radius 3 is 2.25 bits per heavy atom. The van der Waals surface area contributed by atoms with Crippen LogP contribution in [0.15, 0.2) is 48.9 Å². The number of anilines is 3. The molecule has 0 radical (unpaired) electrons. The van der Waals surface area contributed by atoms with Gasteiger partial charge in [0.1, 0.15) is 11.3 Å². The van der Waals surface area contributed by atoms with Gasteiger partial charge in [-0.2, -0.15) is 0 Å². The van der Waals surface area contributed by atoms with E-state index in [4.69, 9.17) is 15.0 Å². The highest BCUT2D eigenvalue weighted by molar-refractivity contribution is 6.09. The van der Waals surface area contributed by atoms with Crippen LogP contribution in [0.3, 0.4) is 0 Å². The minimum atomic E-state index is -0.675. The normalized spacial score (nSPS) is 27.2. The van der Waals surface area contributed by atoms with Crippen LogP contribution in [0, 0.1) is 11.8 Å². The maximum absolute atomic E-state index is 15.3. The van der Waals surface area contributed by atoms with Crippen LogP contribution in [0.5, 0.6) is 0 Å². The lowest BCUT2D eigenvalue weighted by molar-refractivity contribution is -0.148. The van der Waals surface area contributed by atoms with Crippen molar-refractivity contribution in [2.24, 2.45) is 11.8 Å². The second-order valence-corrected chi connectivity index (χ2v) is 23.7. The number of nitrogens with zero attached hydrogens (tertiary/aromatic N) is 9. The quantitative estimate of drug-likeness (QED) is 0.156. The van der Waals surface area contributed by atoms with Gasteiger partial charge in [0, 0.05) is 98.1 Å². The van der Waals surface area contributed by atoms with E-state index < -0.39 is 5.41 Å². The SMILES string of the molecule is CC(C)n1cnc2cc(-c3ccc4c(c3)N(C3CC(N5CCCCC5)C3)C(=O)C43CCN(C(=O)C4CCN(C(=O)C5CCN(c6ccc([C@H]7CCC(=O)NC7=O)cn6)CC5)C5(CC5)C4)CC3)nc(NC3CC3)c21. The fraction of sp³-hybridized carbons (Fsp3) is 0.614. The maximum Gasteiger partial charge on any atom is 0.238 e. The first-order valence-electron chi connectivity index (χ1n) is 28.0. The molecule has 73 heavy (non-hydrogen) atoms. The smallest absolute Gasteiger partial charge is 0.238 e. The monoisotopic (exact) mass is 990 g/mol. The number of imide groups is 1. The minimum absolute atomic E-state index is 0.0589. The molecule has 384 valence electrons. The number of fused-ring (bicyclic) bond motifs is 3. The number of pyridine rings is 2. The molecule has 9 heterocycles. The van der Waals surface area contributed by atoms with Crippen LogP contribution in [-0.4, -0.2) is 133 Å². The molecule has 3 saturated carbocycles. The summed E-state index contributed by atoms with van der Waals surface area (Å²) in [5, 5.41) is 6.15. The number of imidazole rings is 1. The molecular weight excluding hydrogens is 919 g/mol. The van der Waals surface area contributed by atoms with E-state index in [1.165, 1.54) is 19.3 Å². The third-order valence-corrected chi connectivity index (χ3v) is 18.9. The van der Waals surface area contributed by atoms with Gasteiger partial charge in [-0.1, -0.05) is 24.6 Å². The van der Waals surface area contributed by atoms with Gasteiger partial charge in [-0.25, -0.2) is 15.0 Å². The maximum atomic E-state index is 15.3. The van der Waals surface area contributed by atoms with Gasteiger partial charge < -0.3 is 34.4 Å². The summed E-state index contributed by atoms with van der Waals surface area (Å²) in [4.78, 5) is 94.4. The van der Waals surface area contributed by atoms with Gasteiger partial charge in [-0.05, 0) is 153 Å².